The van der Waals surface area contributed by atoms with Crippen LogP contribution in [0.2, 0.25) is 5.02 Å². The number of hydrogen-bond donors (Lipinski definition) is 1. The lowest BCUT2D eigenvalue weighted by atomic mass is 10.3. The van der Waals surface area contributed by atoms with Crippen molar-refractivity contribution in [1.29, 1.82) is 0 Å². The Kier molecular flexibility index (Phi) is 6.90. The maximum atomic E-state index is 13.1. The van der Waals surface area contributed by atoms with E-state index >= 15 is 0 Å². The topological polar surface area (TPSA) is 84.3 Å². The van der Waals surface area contributed by atoms with E-state index in [0.717, 1.165) is 4.31 Å². The van der Waals surface area contributed by atoms with Crippen LogP contribution in [-0.4, -0.2) is 37.0 Å². The molecule has 0 bridgehead atoms. The van der Waals surface area contributed by atoms with Crippen LogP contribution in [0.3, 0.4) is 0 Å². The van der Waals surface area contributed by atoms with Gasteiger partial charge in [0.15, 0.2) is 0 Å². The standard InChI is InChI=1S/C20H21ClN4O3S/c21-17-7-9-18(10-8-17)25(29(27,28)19-5-2-1-3-6-19)15-20(26)23-11-4-13-24-14-12-22-16-24/h1-3,5-10,12,14,16H,4,11,13,15H2,(H,23,26). The summed E-state index contributed by atoms with van der Waals surface area (Å²) in [6.45, 7) is 0.810. The summed E-state index contributed by atoms with van der Waals surface area (Å²) >= 11 is 5.93. The third kappa shape index (κ3) is 5.58. The van der Waals surface area contributed by atoms with Crippen molar-refractivity contribution in [2.45, 2.75) is 17.9 Å². The van der Waals surface area contributed by atoms with Gasteiger partial charge in [-0.3, -0.25) is 9.10 Å². The van der Waals surface area contributed by atoms with Gasteiger partial charge in [0.25, 0.3) is 10.0 Å². The average molecular weight is 433 g/mol. The lowest BCUT2D eigenvalue weighted by Gasteiger charge is -2.24. The number of carbonyl (C=O) groups is 1. The van der Waals surface area contributed by atoms with Gasteiger partial charge in [0.2, 0.25) is 5.91 Å². The fraction of sp³-hybridized carbons (Fsp3) is 0.200. The van der Waals surface area contributed by atoms with Crippen LogP contribution in [0.4, 0.5) is 5.69 Å². The molecular weight excluding hydrogens is 412 g/mol. The summed E-state index contributed by atoms with van der Waals surface area (Å²) in [4.78, 5) is 16.5. The van der Waals surface area contributed by atoms with E-state index in [1.807, 2.05) is 10.8 Å². The highest BCUT2D eigenvalue weighted by atomic mass is 35.5. The Bertz CT molecular complexity index is 1020. The van der Waals surface area contributed by atoms with Gasteiger partial charge in [-0.2, -0.15) is 0 Å². The quantitative estimate of drug-likeness (QED) is 0.527. The second-order valence-corrected chi connectivity index (χ2v) is 8.60. The Morgan fingerprint density at radius 3 is 2.48 bits per heavy atom. The van der Waals surface area contributed by atoms with Gasteiger partial charge >= 0.3 is 0 Å². The lowest BCUT2D eigenvalue weighted by molar-refractivity contribution is -0.119. The summed E-state index contributed by atoms with van der Waals surface area (Å²) in [5, 5.41) is 3.26. The minimum Gasteiger partial charge on any atom is -0.354 e. The number of benzene rings is 2. The van der Waals surface area contributed by atoms with Crippen molar-refractivity contribution in [2.24, 2.45) is 0 Å². The number of carbonyl (C=O) groups excluding carboxylic acids is 1. The number of sulfonamides is 1. The molecule has 0 fully saturated rings. The molecule has 0 aliphatic carbocycles. The van der Waals surface area contributed by atoms with Crippen molar-refractivity contribution in [1.82, 2.24) is 14.9 Å². The van der Waals surface area contributed by atoms with E-state index in [1.54, 1.807) is 55.0 Å². The molecule has 1 aromatic heterocycles. The van der Waals surface area contributed by atoms with Crippen LogP contribution >= 0.6 is 11.6 Å². The molecule has 0 unspecified atom stereocenters. The zero-order chi connectivity index (χ0) is 20.7. The van der Waals surface area contributed by atoms with Gasteiger partial charge < -0.3 is 9.88 Å². The van der Waals surface area contributed by atoms with Crippen LogP contribution in [0.5, 0.6) is 0 Å². The van der Waals surface area contributed by atoms with E-state index in [9.17, 15) is 13.2 Å². The Labute approximate surface area is 175 Å². The van der Waals surface area contributed by atoms with Gasteiger partial charge in [-0.05, 0) is 42.8 Å². The predicted molar refractivity (Wildman–Crippen MR) is 112 cm³/mol. The molecule has 9 heteroatoms. The monoisotopic (exact) mass is 432 g/mol. The molecule has 7 nitrogen and oxygen atoms in total. The van der Waals surface area contributed by atoms with E-state index < -0.39 is 10.0 Å². The first-order valence-electron chi connectivity index (χ1n) is 9.02. The van der Waals surface area contributed by atoms with E-state index in [2.05, 4.69) is 10.3 Å². The maximum absolute atomic E-state index is 13.1. The molecule has 2 aromatic carbocycles. The molecule has 1 N–H and O–H groups in total. The number of imidazole rings is 1. The number of hydrogen-bond acceptors (Lipinski definition) is 4. The van der Waals surface area contributed by atoms with Gasteiger partial charge in [0.05, 0.1) is 16.9 Å². The largest absolute Gasteiger partial charge is 0.354 e. The third-order valence-corrected chi connectivity index (χ3v) is 6.25. The molecule has 0 saturated carbocycles. The fourth-order valence-corrected chi connectivity index (χ4v) is 4.30. The van der Waals surface area contributed by atoms with Crippen molar-refractivity contribution in [2.75, 3.05) is 17.4 Å². The second-order valence-electron chi connectivity index (χ2n) is 6.31. The van der Waals surface area contributed by atoms with Crippen LogP contribution in [0, 0.1) is 0 Å². The zero-order valence-electron chi connectivity index (χ0n) is 15.6. The van der Waals surface area contributed by atoms with Gasteiger partial charge in [0, 0.05) is 30.5 Å². The highest BCUT2D eigenvalue weighted by Crippen LogP contribution is 2.24. The molecule has 29 heavy (non-hydrogen) atoms. The van der Waals surface area contributed by atoms with Crippen molar-refractivity contribution in [3.05, 3.63) is 78.3 Å². The van der Waals surface area contributed by atoms with Crippen LogP contribution in [0.1, 0.15) is 6.42 Å². The number of amides is 1. The molecule has 0 aliphatic heterocycles. The first-order valence-corrected chi connectivity index (χ1v) is 10.8. The molecular formula is C20H21ClN4O3S. The third-order valence-electron chi connectivity index (χ3n) is 4.21. The SMILES string of the molecule is O=C(CN(c1ccc(Cl)cc1)S(=O)(=O)c1ccccc1)NCCCn1ccnc1. The molecule has 1 amide bonds. The second kappa shape index (κ2) is 9.58. The molecule has 0 saturated heterocycles. The number of rotatable bonds is 9. The number of nitrogens with one attached hydrogen (secondary N) is 1. The van der Waals surface area contributed by atoms with Gasteiger partial charge in [-0.15, -0.1) is 0 Å². The van der Waals surface area contributed by atoms with E-state index in [0.29, 0.717) is 30.2 Å². The Balaban J connectivity index is 1.71. The first-order chi connectivity index (χ1) is 14.0. The molecule has 0 atom stereocenters. The normalized spacial score (nSPS) is 11.2. The molecule has 3 aromatic rings. The van der Waals surface area contributed by atoms with Crippen molar-refractivity contribution in [3.63, 3.8) is 0 Å². The zero-order valence-corrected chi connectivity index (χ0v) is 17.2. The number of aromatic nitrogens is 2. The minimum atomic E-state index is -3.91. The Hall–Kier alpha value is -2.84. The van der Waals surface area contributed by atoms with Crippen LogP contribution in [-0.2, 0) is 21.4 Å². The Morgan fingerprint density at radius 1 is 1.10 bits per heavy atom. The maximum Gasteiger partial charge on any atom is 0.264 e. The summed E-state index contributed by atoms with van der Waals surface area (Å²) < 4.78 is 29.3. The van der Waals surface area contributed by atoms with Crippen molar-refractivity contribution >= 4 is 33.2 Å². The molecule has 1 heterocycles. The summed E-state index contributed by atoms with van der Waals surface area (Å²) in [6.07, 6.45) is 5.94. The smallest absolute Gasteiger partial charge is 0.264 e. The summed E-state index contributed by atoms with van der Waals surface area (Å²) in [5.74, 6) is -0.384. The molecule has 152 valence electrons. The van der Waals surface area contributed by atoms with Crippen LogP contribution < -0.4 is 9.62 Å². The molecule has 3 rings (SSSR count). The first kappa shape index (κ1) is 20.9. The summed E-state index contributed by atoms with van der Waals surface area (Å²) in [5.41, 5.74) is 0.367. The molecule has 0 radical (unpaired) electrons. The minimum absolute atomic E-state index is 0.114. The number of anilines is 1. The van der Waals surface area contributed by atoms with Gasteiger partial charge in [0.1, 0.15) is 6.54 Å². The van der Waals surface area contributed by atoms with Crippen molar-refractivity contribution in [3.8, 4) is 0 Å². The number of nitrogens with zero attached hydrogens (tertiary/aromatic N) is 3. The van der Waals surface area contributed by atoms with Crippen LogP contribution in [0.25, 0.3) is 0 Å². The molecule has 0 spiro atoms. The van der Waals surface area contributed by atoms with Crippen LogP contribution in [0.15, 0.2) is 78.2 Å². The Morgan fingerprint density at radius 2 is 1.83 bits per heavy atom. The lowest BCUT2D eigenvalue weighted by Crippen LogP contribution is -2.41. The highest BCUT2D eigenvalue weighted by Gasteiger charge is 2.26. The molecule has 0 aliphatic rings. The van der Waals surface area contributed by atoms with E-state index in [4.69, 9.17) is 11.6 Å². The fourth-order valence-electron chi connectivity index (χ4n) is 2.74. The average Bonchev–Trinajstić information content (AvgIpc) is 3.24. The number of halogens is 1. The van der Waals surface area contributed by atoms with Gasteiger partial charge in [-0.1, -0.05) is 29.8 Å². The van der Waals surface area contributed by atoms with E-state index in [1.165, 1.54) is 12.1 Å². The van der Waals surface area contributed by atoms with E-state index in [-0.39, 0.29) is 17.3 Å². The van der Waals surface area contributed by atoms with Gasteiger partial charge in [-0.25, -0.2) is 13.4 Å². The summed E-state index contributed by atoms with van der Waals surface area (Å²) in [6, 6.07) is 14.4. The summed E-state index contributed by atoms with van der Waals surface area (Å²) in [7, 11) is -3.91. The number of aryl methyl sites for hydroxylation is 1. The predicted octanol–water partition coefficient (Wildman–Crippen LogP) is 2.94. The van der Waals surface area contributed by atoms with Crippen molar-refractivity contribution < 1.29 is 13.2 Å². The highest BCUT2D eigenvalue weighted by molar-refractivity contribution is 7.92.